The Balaban J connectivity index is 1.83. The number of carbonyl (C=O) groups is 3. The molecule has 0 saturated carbocycles. The number of ether oxygens (including phenoxy) is 3. The van der Waals surface area contributed by atoms with Gasteiger partial charge >= 0.3 is 5.97 Å². The summed E-state index contributed by atoms with van der Waals surface area (Å²) in [5, 5.41) is -0.515. The first kappa shape index (κ1) is 24.1. The van der Waals surface area contributed by atoms with E-state index in [1.807, 2.05) is 37.3 Å². The van der Waals surface area contributed by atoms with Crippen LogP contribution in [0.25, 0.3) is 6.08 Å². The van der Waals surface area contributed by atoms with Crippen molar-refractivity contribution in [3.8, 4) is 11.5 Å². The van der Waals surface area contributed by atoms with Gasteiger partial charge in [-0.2, -0.15) is 0 Å². The van der Waals surface area contributed by atoms with Crippen LogP contribution in [0.4, 0.5) is 4.79 Å². The van der Waals surface area contributed by atoms with E-state index in [0.717, 1.165) is 25.8 Å². The number of hydrogen-bond donors (Lipinski definition) is 0. The van der Waals surface area contributed by atoms with E-state index in [0.29, 0.717) is 23.7 Å². The molecule has 9 heteroatoms. The van der Waals surface area contributed by atoms with E-state index < -0.39 is 23.2 Å². The number of rotatable bonds is 7. The molecule has 1 fully saturated rings. The molecule has 1 saturated heterocycles. The van der Waals surface area contributed by atoms with E-state index in [9.17, 15) is 14.4 Å². The van der Waals surface area contributed by atoms with Crippen molar-refractivity contribution in [2.45, 2.75) is 26.5 Å². The zero-order valence-electron chi connectivity index (χ0n) is 18.0. The van der Waals surface area contributed by atoms with Crippen molar-refractivity contribution >= 4 is 57.5 Å². The topological polar surface area (TPSA) is 82.1 Å². The van der Waals surface area contributed by atoms with Gasteiger partial charge in [-0.3, -0.25) is 14.5 Å². The number of nitrogens with zero attached hydrogens (tertiary/aromatic N) is 1. The van der Waals surface area contributed by atoms with Gasteiger partial charge in [0, 0.05) is 0 Å². The standard InChI is InChI=1S/C23H22INO6S/c1-13-5-7-15(8-6-13)12-31-20-17(24)9-16(10-18(20)29-3)11-19-21(26)25(23(28)32-19)14(2)22(27)30-4/h5-11,14H,12H2,1-4H3/b19-11+/t14-/m1/s1. The van der Waals surface area contributed by atoms with E-state index >= 15 is 0 Å². The second kappa shape index (κ2) is 10.4. The fraction of sp³-hybridized carbons (Fsp3) is 0.261. The highest BCUT2D eigenvalue weighted by molar-refractivity contribution is 14.1. The second-order valence-corrected chi connectivity index (χ2v) is 9.21. The summed E-state index contributed by atoms with van der Waals surface area (Å²) in [6, 6.07) is 10.7. The minimum absolute atomic E-state index is 0.219. The number of aryl methyl sites for hydroxylation is 1. The lowest BCUT2D eigenvalue weighted by Gasteiger charge is -2.18. The Kier molecular flexibility index (Phi) is 7.83. The predicted octanol–water partition coefficient (Wildman–Crippen LogP) is 4.79. The summed E-state index contributed by atoms with van der Waals surface area (Å²) in [5.74, 6) is -0.0814. The molecule has 2 aromatic rings. The number of hydrogen-bond acceptors (Lipinski definition) is 7. The minimum atomic E-state index is -0.995. The Bertz CT molecular complexity index is 1080. The quantitative estimate of drug-likeness (QED) is 0.271. The number of esters is 1. The number of thioether (sulfide) groups is 1. The molecule has 0 spiro atoms. The number of imide groups is 1. The number of halogens is 1. The summed E-state index contributed by atoms with van der Waals surface area (Å²) in [6.45, 7) is 3.87. The maximum atomic E-state index is 12.7. The summed E-state index contributed by atoms with van der Waals surface area (Å²) in [7, 11) is 2.75. The van der Waals surface area contributed by atoms with Gasteiger partial charge in [-0.05, 0) is 77.5 Å². The van der Waals surface area contributed by atoms with Crippen LogP contribution in [0.5, 0.6) is 11.5 Å². The van der Waals surface area contributed by atoms with Gasteiger partial charge in [0.05, 0.1) is 22.7 Å². The van der Waals surface area contributed by atoms with E-state index in [-0.39, 0.29) is 4.91 Å². The van der Waals surface area contributed by atoms with Crippen LogP contribution in [0, 0.1) is 10.5 Å². The molecule has 168 valence electrons. The van der Waals surface area contributed by atoms with Crippen LogP contribution >= 0.6 is 34.4 Å². The number of benzene rings is 2. The Labute approximate surface area is 204 Å². The van der Waals surface area contributed by atoms with E-state index in [1.54, 1.807) is 19.3 Å². The minimum Gasteiger partial charge on any atom is -0.493 e. The molecule has 2 aromatic carbocycles. The fourth-order valence-corrected chi connectivity index (χ4v) is 4.73. The van der Waals surface area contributed by atoms with Gasteiger partial charge in [0.1, 0.15) is 12.6 Å². The molecule has 32 heavy (non-hydrogen) atoms. The first-order chi connectivity index (χ1) is 15.2. The highest BCUT2D eigenvalue weighted by Gasteiger charge is 2.41. The maximum Gasteiger partial charge on any atom is 0.328 e. The lowest BCUT2D eigenvalue weighted by Crippen LogP contribution is -2.42. The molecular weight excluding hydrogens is 545 g/mol. The monoisotopic (exact) mass is 567 g/mol. The van der Waals surface area contributed by atoms with Gasteiger partial charge < -0.3 is 14.2 Å². The van der Waals surface area contributed by atoms with Gasteiger partial charge in [-0.15, -0.1) is 0 Å². The molecule has 0 unspecified atom stereocenters. The second-order valence-electron chi connectivity index (χ2n) is 7.06. The molecule has 1 aliphatic heterocycles. The zero-order chi connectivity index (χ0) is 23.4. The molecule has 0 aliphatic carbocycles. The molecule has 0 radical (unpaired) electrons. The third-order valence-electron chi connectivity index (χ3n) is 4.81. The predicted molar refractivity (Wildman–Crippen MR) is 131 cm³/mol. The van der Waals surface area contributed by atoms with Crippen LogP contribution in [0.15, 0.2) is 41.3 Å². The summed E-state index contributed by atoms with van der Waals surface area (Å²) in [4.78, 5) is 37.9. The van der Waals surface area contributed by atoms with Crippen molar-refractivity contribution in [3.05, 3.63) is 61.6 Å². The summed E-state index contributed by atoms with van der Waals surface area (Å²) in [5.41, 5.74) is 2.88. The van der Waals surface area contributed by atoms with Crippen LogP contribution in [0.1, 0.15) is 23.6 Å². The lowest BCUT2D eigenvalue weighted by molar-refractivity contribution is -0.148. The van der Waals surface area contributed by atoms with Crippen LogP contribution in [0.2, 0.25) is 0 Å². The molecule has 0 bridgehead atoms. The average molecular weight is 567 g/mol. The van der Waals surface area contributed by atoms with Crippen molar-refractivity contribution in [3.63, 3.8) is 0 Å². The van der Waals surface area contributed by atoms with Gasteiger partial charge in [0.15, 0.2) is 11.5 Å². The van der Waals surface area contributed by atoms with Gasteiger partial charge in [-0.25, -0.2) is 4.79 Å². The number of amides is 2. The van der Waals surface area contributed by atoms with E-state index in [2.05, 4.69) is 27.3 Å². The third-order valence-corrected chi connectivity index (χ3v) is 6.49. The molecule has 1 atom stereocenters. The van der Waals surface area contributed by atoms with Crippen molar-refractivity contribution in [2.24, 2.45) is 0 Å². The van der Waals surface area contributed by atoms with Gasteiger partial charge in [-0.1, -0.05) is 29.8 Å². The van der Waals surface area contributed by atoms with Gasteiger partial charge in [0.25, 0.3) is 11.1 Å². The molecule has 3 rings (SSSR count). The maximum absolute atomic E-state index is 12.7. The molecular formula is C23H22INO6S. The molecule has 2 amide bonds. The van der Waals surface area contributed by atoms with E-state index in [4.69, 9.17) is 9.47 Å². The Hall–Kier alpha value is -2.53. The first-order valence-corrected chi connectivity index (χ1v) is 11.6. The summed E-state index contributed by atoms with van der Waals surface area (Å²) in [6.07, 6.45) is 1.60. The van der Waals surface area contributed by atoms with Crippen molar-refractivity contribution in [2.75, 3.05) is 14.2 Å². The summed E-state index contributed by atoms with van der Waals surface area (Å²) >= 11 is 2.92. The molecule has 0 aromatic heterocycles. The fourth-order valence-electron chi connectivity index (χ4n) is 3.04. The average Bonchev–Trinajstić information content (AvgIpc) is 3.05. The molecule has 1 aliphatic rings. The SMILES string of the molecule is COC(=O)[C@@H](C)N1C(=O)S/C(=C/c2cc(I)c(OCc3ccc(C)cc3)c(OC)c2)C1=O. The number of methoxy groups -OCH3 is 2. The van der Waals surface area contributed by atoms with Crippen LogP contribution in [-0.4, -0.2) is 42.3 Å². The number of carbonyl (C=O) groups excluding carboxylic acids is 3. The Morgan fingerprint density at radius 3 is 2.50 bits per heavy atom. The largest absolute Gasteiger partial charge is 0.493 e. The van der Waals surface area contributed by atoms with Crippen LogP contribution < -0.4 is 9.47 Å². The van der Waals surface area contributed by atoms with Crippen LogP contribution in [0.3, 0.4) is 0 Å². The van der Waals surface area contributed by atoms with Crippen molar-refractivity contribution < 1.29 is 28.6 Å². The third kappa shape index (κ3) is 5.26. The van der Waals surface area contributed by atoms with Crippen LogP contribution in [-0.2, 0) is 20.9 Å². The lowest BCUT2D eigenvalue weighted by atomic mass is 10.1. The first-order valence-electron chi connectivity index (χ1n) is 9.66. The Morgan fingerprint density at radius 1 is 1.19 bits per heavy atom. The highest BCUT2D eigenvalue weighted by atomic mass is 127. The Morgan fingerprint density at radius 2 is 1.88 bits per heavy atom. The zero-order valence-corrected chi connectivity index (χ0v) is 21.0. The van der Waals surface area contributed by atoms with Crippen molar-refractivity contribution in [1.82, 2.24) is 4.90 Å². The van der Waals surface area contributed by atoms with E-state index in [1.165, 1.54) is 19.6 Å². The molecule has 7 nitrogen and oxygen atoms in total. The molecule has 0 N–H and O–H groups in total. The normalized spacial score (nSPS) is 15.8. The van der Waals surface area contributed by atoms with Crippen molar-refractivity contribution in [1.29, 1.82) is 0 Å². The summed E-state index contributed by atoms with van der Waals surface area (Å²) < 4.78 is 16.9. The van der Waals surface area contributed by atoms with Gasteiger partial charge in [0.2, 0.25) is 0 Å². The smallest absolute Gasteiger partial charge is 0.328 e. The highest BCUT2D eigenvalue weighted by Crippen LogP contribution is 2.38. The molecule has 1 heterocycles.